The van der Waals surface area contributed by atoms with Crippen LogP contribution in [-0.4, -0.2) is 22.3 Å². The molecule has 0 amide bonds. The third kappa shape index (κ3) is 1.31. The highest BCUT2D eigenvalue weighted by Gasteiger charge is 2.73. The first-order valence-corrected chi connectivity index (χ1v) is 6.37. The van der Waals surface area contributed by atoms with E-state index in [4.69, 9.17) is 58.0 Å². The lowest BCUT2D eigenvalue weighted by atomic mass is 9.92. The van der Waals surface area contributed by atoms with E-state index in [2.05, 4.69) is 4.74 Å². The maximum atomic E-state index is 11.6. The number of allylic oxidation sites excluding steroid dienone is 2. The van der Waals surface area contributed by atoms with Crippen molar-refractivity contribution in [2.75, 3.05) is 7.11 Å². The summed E-state index contributed by atoms with van der Waals surface area (Å²) in [6.07, 6.45) is 0.345. The van der Waals surface area contributed by atoms with Gasteiger partial charge in [0.15, 0.2) is 4.33 Å². The number of fused-ring (bicyclic) bond motifs is 2. The molecule has 0 aliphatic heterocycles. The number of esters is 1. The second-order valence-corrected chi connectivity index (χ2v) is 6.63. The first-order chi connectivity index (χ1) is 7.28. The van der Waals surface area contributed by atoms with E-state index in [0.717, 1.165) is 0 Å². The van der Waals surface area contributed by atoms with Crippen LogP contribution in [0.3, 0.4) is 0 Å². The van der Waals surface area contributed by atoms with Crippen molar-refractivity contribution in [3.8, 4) is 0 Å². The Hall–Kier alpha value is 0.660. The van der Waals surface area contributed by atoms with Crippen LogP contribution in [0.25, 0.3) is 0 Å². The van der Waals surface area contributed by atoms with E-state index < -0.39 is 27.0 Å². The largest absolute Gasteiger partial charge is 0.469 e. The molecule has 0 aromatic carbocycles. The Bertz CT molecular complexity index is 391. The van der Waals surface area contributed by atoms with Crippen molar-refractivity contribution < 1.29 is 9.53 Å². The second-order valence-electron chi connectivity index (χ2n) is 3.86. The molecule has 0 saturated heterocycles. The smallest absolute Gasteiger partial charge is 0.310 e. The van der Waals surface area contributed by atoms with Gasteiger partial charge in [-0.25, -0.2) is 0 Å². The van der Waals surface area contributed by atoms with Gasteiger partial charge in [0.2, 0.25) is 0 Å². The van der Waals surface area contributed by atoms with Gasteiger partial charge in [0.1, 0.15) is 4.87 Å². The van der Waals surface area contributed by atoms with E-state index in [0.29, 0.717) is 11.5 Å². The summed E-state index contributed by atoms with van der Waals surface area (Å²) in [5, 5.41) is 0.481. The number of rotatable bonds is 1. The maximum absolute atomic E-state index is 11.6. The van der Waals surface area contributed by atoms with Crippen molar-refractivity contribution >= 4 is 64.0 Å². The van der Waals surface area contributed by atoms with Gasteiger partial charge in [0.25, 0.3) is 0 Å². The standard InChI is InChI=1S/C9H7Cl5O2/c1-16-7(15)4-2-3-5(10)6(11)8(4,12)9(3,13)14/h3-4H,2H2,1H3/t3-,4-,8+/m1/s1. The van der Waals surface area contributed by atoms with Crippen LogP contribution in [0.15, 0.2) is 10.1 Å². The zero-order chi connectivity index (χ0) is 12.3. The van der Waals surface area contributed by atoms with E-state index in [1.807, 2.05) is 0 Å². The fourth-order valence-corrected chi connectivity index (χ4v) is 4.65. The number of carbonyl (C=O) groups is 1. The van der Waals surface area contributed by atoms with Gasteiger partial charge in [-0.05, 0) is 6.42 Å². The summed E-state index contributed by atoms with van der Waals surface area (Å²) in [5.74, 6) is -1.58. The average Bonchev–Trinajstić information content (AvgIpc) is 2.51. The van der Waals surface area contributed by atoms with Crippen molar-refractivity contribution in [3.63, 3.8) is 0 Å². The molecule has 2 bridgehead atoms. The molecule has 90 valence electrons. The molecular formula is C9H7Cl5O2. The maximum Gasteiger partial charge on any atom is 0.310 e. The zero-order valence-corrected chi connectivity index (χ0v) is 11.8. The van der Waals surface area contributed by atoms with Crippen LogP contribution in [0, 0.1) is 11.8 Å². The van der Waals surface area contributed by atoms with Crippen LogP contribution < -0.4 is 0 Å². The molecule has 16 heavy (non-hydrogen) atoms. The molecule has 0 radical (unpaired) electrons. The molecule has 0 aromatic rings. The lowest BCUT2D eigenvalue weighted by Crippen LogP contribution is -2.43. The van der Waals surface area contributed by atoms with Crippen molar-refractivity contribution in [1.29, 1.82) is 0 Å². The van der Waals surface area contributed by atoms with Crippen molar-refractivity contribution in [3.05, 3.63) is 10.1 Å². The Morgan fingerprint density at radius 1 is 1.38 bits per heavy atom. The zero-order valence-electron chi connectivity index (χ0n) is 8.07. The Morgan fingerprint density at radius 3 is 2.31 bits per heavy atom. The SMILES string of the molecule is COC(=O)[C@H]1C[C@@H]2C(Cl)=C(Cl)[C@]1(Cl)C2(Cl)Cl. The van der Waals surface area contributed by atoms with Crippen molar-refractivity contribution in [2.45, 2.75) is 15.6 Å². The van der Waals surface area contributed by atoms with Gasteiger partial charge in [-0.2, -0.15) is 0 Å². The highest BCUT2D eigenvalue weighted by Crippen LogP contribution is 2.70. The van der Waals surface area contributed by atoms with Crippen LogP contribution in [0.5, 0.6) is 0 Å². The average molecular weight is 324 g/mol. The molecule has 2 aliphatic carbocycles. The first kappa shape index (κ1) is 13.1. The molecule has 1 fully saturated rings. The van der Waals surface area contributed by atoms with E-state index in [1.54, 1.807) is 0 Å². The van der Waals surface area contributed by atoms with E-state index >= 15 is 0 Å². The van der Waals surface area contributed by atoms with Gasteiger partial charge in [0.05, 0.1) is 18.1 Å². The fraction of sp³-hybridized carbons (Fsp3) is 0.667. The summed E-state index contributed by atoms with van der Waals surface area (Å²) in [6.45, 7) is 0. The highest BCUT2D eigenvalue weighted by molar-refractivity contribution is 6.60. The van der Waals surface area contributed by atoms with Crippen LogP contribution in [0.2, 0.25) is 0 Å². The summed E-state index contributed by atoms with van der Waals surface area (Å²) >= 11 is 30.7. The van der Waals surface area contributed by atoms with Gasteiger partial charge in [0, 0.05) is 11.0 Å². The molecule has 0 heterocycles. The second kappa shape index (κ2) is 3.83. The monoisotopic (exact) mass is 322 g/mol. The molecule has 2 nitrogen and oxygen atoms in total. The van der Waals surface area contributed by atoms with Crippen molar-refractivity contribution in [1.82, 2.24) is 0 Å². The van der Waals surface area contributed by atoms with Crippen LogP contribution in [0.1, 0.15) is 6.42 Å². The fourth-order valence-electron chi connectivity index (χ4n) is 2.32. The molecule has 2 rings (SSSR count). The lowest BCUT2D eigenvalue weighted by Gasteiger charge is -2.31. The predicted octanol–water partition coefficient (Wildman–Crippen LogP) is 3.65. The Labute approximate surface area is 118 Å². The molecule has 0 aromatic heterocycles. The normalized spacial score (nSPS) is 40.4. The van der Waals surface area contributed by atoms with Crippen LogP contribution >= 0.6 is 58.0 Å². The summed E-state index contributed by atoms with van der Waals surface area (Å²) < 4.78 is 3.29. The number of halogens is 5. The van der Waals surface area contributed by atoms with E-state index in [-0.39, 0.29) is 5.03 Å². The van der Waals surface area contributed by atoms with Gasteiger partial charge < -0.3 is 4.74 Å². The number of hydrogen-bond acceptors (Lipinski definition) is 2. The summed E-state index contributed by atoms with van der Waals surface area (Å²) in [7, 11) is 1.28. The van der Waals surface area contributed by atoms with Gasteiger partial charge >= 0.3 is 5.97 Å². The van der Waals surface area contributed by atoms with Gasteiger partial charge in [-0.3, -0.25) is 4.79 Å². The molecule has 0 spiro atoms. The van der Waals surface area contributed by atoms with Crippen LogP contribution in [-0.2, 0) is 9.53 Å². The number of methoxy groups -OCH3 is 1. The highest BCUT2D eigenvalue weighted by atomic mass is 35.5. The Morgan fingerprint density at radius 2 is 1.94 bits per heavy atom. The van der Waals surface area contributed by atoms with Crippen molar-refractivity contribution in [2.24, 2.45) is 11.8 Å². The van der Waals surface area contributed by atoms with E-state index in [9.17, 15) is 4.79 Å². The topological polar surface area (TPSA) is 26.3 Å². The third-order valence-corrected chi connectivity index (χ3v) is 6.41. The number of hydrogen-bond donors (Lipinski definition) is 0. The minimum absolute atomic E-state index is 0.146. The first-order valence-electron chi connectivity index (χ1n) is 4.48. The number of alkyl halides is 3. The molecule has 3 atom stereocenters. The Kier molecular flexibility index (Phi) is 3.13. The summed E-state index contributed by atoms with van der Waals surface area (Å²) in [5.41, 5.74) is 0. The minimum atomic E-state index is -1.38. The van der Waals surface area contributed by atoms with Crippen LogP contribution in [0.4, 0.5) is 0 Å². The molecular weight excluding hydrogens is 317 g/mol. The number of ether oxygens (including phenoxy) is 1. The van der Waals surface area contributed by atoms with Gasteiger partial charge in [-0.1, -0.05) is 46.4 Å². The lowest BCUT2D eigenvalue weighted by molar-refractivity contribution is -0.145. The quantitative estimate of drug-likeness (QED) is 0.544. The minimum Gasteiger partial charge on any atom is -0.469 e. The molecule has 7 heteroatoms. The molecule has 0 unspecified atom stereocenters. The summed E-state index contributed by atoms with van der Waals surface area (Å²) in [6, 6.07) is 0. The Balaban J connectivity index is 2.51. The molecule has 0 N–H and O–H groups in total. The van der Waals surface area contributed by atoms with Gasteiger partial charge in [-0.15, -0.1) is 11.6 Å². The van der Waals surface area contributed by atoms with E-state index in [1.165, 1.54) is 7.11 Å². The predicted molar refractivity (Wildman–Crippen MR) is 65.4 cm³/mol. The number of carbonyl (C=O) groups excluding carboxylic acids is 1. The summed E-state index contributed by atoms with van der Waals surface area (Å²) in [4.78, 5) is 10.2. The third-order valence-electron chi connectivity index (χ3n) is 3.20. The molecule has 1 saturated carbocycles. The molecule has 2 aliphatic rings.